The van der Waals surface area contributed by atoms with E-state index in [0.29, 0.717) is 17.1 Å². The van der Waals surface area contributed by atoms with Gasteiger partial charge >= 0.3 is 0 Å². The van der Waals surface area contributed by atoms with Gasteiger partial charge in [-0.1, -0.05) is 25.1 Å². The van der Waals surface area contributed by atoms with Gasteiger partial charge in [-0.25, -0.2) is 4.98 Å². The minimum absolute atomic E-state index is 0.141. The summed E-state index contributed by atoms with van der Waals surface area (Å²) in [6, 6.07) is 9.35. The van der Waals surface area contributed by atoms with Crippen molar-refractivity contribution in [3.8, 4) is 0 Å². The molecule has 19 heavy (non-hydrogen) atoms. The maximum Gasteiger partial charge on any atom is 0.257 e. The minimum atomic E-state index is -0.141. The maximum absolute atomic E-state index is 12.2. The van der Waals surface area contributed by atoms with E-state index in [9.17, 15) is 4.79 Å². The molecule has 0 fully saturated rings. The van der Waals surface area contributed by atoms with Crippen molar-refractivity contribution in [1.29, 1.82) is 0 Å². The van der Waals surface area contributed by atoms with Gasteiger partial charge in [0.25, 0.3) is 5.91 Å². The molecule has 4 nitrogen and oxygen atoms in total. The molecule has 0 spiro atoms. The van der Waals surface area contributed by atoms with E-state index in [1.807, 2.05) is 38.1 Å². The van der Waals surface area contributed by atoms with Gasteiger partial charge in [-0.3, -0.25) is 4.79 Å². The summed E-state index contributed by atoms with van der Waals surface area (Å²) in [5.41, 5.74) is 8.78. The summed E-state index contributed by atoms with van der Waals surface area (Å²) < 4.78 is 0. The monoisotopic (exact) mass is 255 g/mol. The van der Waals surface area contributed by atoms with Crippen LogP contribution in [-0.2, 0) is 6.42 Å². The van der Waals surface area contributed by atoms with Crippen LogP contribution in [0.15, 0.2) is 36.5 Å². The predicted molar refractivity (Wildman–Crippen MR) is 77.2 cm³/mol. The highest BCUT2D eigenvalue weighted by molar-refractivity contribution is 6.05. The summed E-state index contributed by atoms with van der Waals surface area (Å²) in [6.45, 7) is 3.89. The highest BCUT2D eigenvalue weighted by atomic mass is 16.1. The minimum Gasteiger partial charge on any atom is -0.397 e. The molecule has 2 rings (SSSR count). The summed E-state index contributed by atoms with van der Waals surface area (Å²) >= 11 is 0. The van der Waals surface area contributed by atoms with E-state index in [1.165, 1.54) is 6.20 Å². The Bertz CT molecular complexity index is 608. The van der Waals surface area contributed by atoms with Crippen molar-refractivity contribution >= 4 is 17.4 Å². The van der Waals surface area contributed by atoms with Crippen LogP contribution in [0, 0.1) is 6.92 Å². The lowest BCUT2D eigenvalue weighted by Crippen LogP contribution is -2.15. The quantitative estimate of drug-likeness (QED) is 0.886. The van der Waals surface area contributed by atoms with Crippen LogP contribution in [0.4, 0.5) is 11.5 Å². The third kappa shape index (κ3) is 2.91. The summed E-state index contributed by atoms with van der Waals surface area (Å²) in [5, 5.41) is 2.82. The fourth-order valence-electron chi connectivity index (χ4n) is 1.95. The number of anilines is 2. The highest BCUT2D eigenvalue weighted by Crippen LogP contribution is 2.16. The number of benzene rings is 1. The molecular formula is C15H17N3O. The first-order valence-corrected chi connectivity index (χ1v) is 6.23. The van der Waals surface area contributed by atoms with Crippen LogP contribution in [0.5, 0.6) is 0 Å². The van der Waals surface area contributed by atoms with Crippen molar-refractivity contribution < 1.29 is 4.79 Å². The average Bonchev–Trinajstić information content (AvgIpc) is 2.41. The number of aryl methyl sites for hydroxylation is 2. The van der Waals surface area contributed by atoms with Crippen LogP contribution >= 0.6 is 0 Å². The zero-order valence-corrected chi connectivity index (χ0v) is 11.1. The second-order valence-electron chi connectivity index (χ2n) is 4.40. The number of hydrogen-bond acceptors (Lipinski definition) is 3. The fourth-order valence-corrected chi connectivity index (χ4v) is 1.95. The number of nitrogens with zero attached hydrogens (tertiary/aromatic N) is 1. The molecule has 1 amide bonds. The SMILES string of the molecule is CCc1ccccc1C(=O)Nc1ncc(N)cc1C. The number of nitrogens with one attached hydrogen (secondary N) is 1. The summed E-state index contributed by atoms with van der Waals surface area (Å²) in [7, 11) is 0. The number of nitrogens with two attached hydrogens (primary N) is 1. The van der Waals surface area contributed by atoms with Gasteiger partial charge in [-0.15, -0.1) is 0 Å². The van der Waals surface area contributed by atoms with Gasteiger partial charge in [-0.05, 0) is 36.6 Å². The Morgan fingerprint density at radius 1 is 1.37 bits per heavy atom. The van der Waals surface area contributed by atoms with Crippen molar-refractivity contribution in [2.45, 2.75) is 20.3 Å². The lowest BCUT2D eigenvalue weighted by Gasteiger charge is -2.10. The van der Waals surface area contributed by atoms with Crippen LogP contribution in [0.3, 0.4) is 0 Å². The number of aromatic nitrogens is 1. The van der Waals surface area contributed by atoms with E-state index >= 15 is 0 Å². The van der Waals surface area contributed by atoms with E-state index in [1.54, 1.807) is 6.07 Å². The third-order valence-electron chi connectivity index (χ3n) is 2.97. The van der Waals surface area contributed by atoms with E-state index in [4.69, 9.17) is 5.73 Å². The van der Waals surface area contributed by atoms with Crippen molar-refractivity contribution in [3.63, 3.8) is 0 Å². The zero-order chi connectivity index (χ0) is 13.8. The normalized spacial score (nSPS) is 10.2. The number of rotatable bonds is 3. The Hall–Kier alpha value is -2.36. The number of carbonyl (C=O) groups is 1. The molecule has 3 N–H and O–H groups in total. The van der Waals surface area contributed by atoms with Crippen LogP contribution in [0.25, 0.3) is 0 Å². The van der Waals surface area contributed by atoms with Gasteiger partial charge in [0.05, 0.1) is 11.9 Å². The molecule has 0 saturated heterocycles. The standard InChI is InChI=1S/C15H17N3O/c1-3-11-6-4-5-7-13(11)15(19)18-14-10(2)8-12(16)9-17-14/h4-9H,3,16H2,1-2H3,(H,17,18,19). The Labute approximate surface area is 112 Å². The number of hydrogen-bond donors (Lipinski definition) is 2. The molecule has 0 bridgehead atoms. The lowest BCUT2D eigenvalue weighted by atomic mass is 10.0. The highest BCUT2D eigenvalue weighted by Gasteiger charge is 2.11. The molecule has 2 aromatic rings. The van der Waals surface area contributed by atoms with E-state index in [2.05, 4.69) is 10.3 Å². The smallest absolute Gasteiger partial charge is 0.257 e. The lowest BCUT2D eigenvalue weighted by molar-refractivity contribution is 0.102. The molecule has 1 aromatic heterocycles. The maximum atomic E-state index is 12.2. The Balaban J connectivity index is 2.26. The molecule has 0 saturated carbocycles. The topological polar surface area (TPSA) is 68.0 Å². The predicted octanol–water partition coefficient (Wildman–Crippen LogP) is 2.79. The van der Waals surface area contributed by atoms with Crippen LogP contribution in [-0.4, -0.2) is 10.9 Å². The molecule has 0 aliphatic rings. The number of nitrogen functional groups attached to an aromatic ring is 1. The Kier molecular flexibility index (Phi) is 3.80. The molecule has 1 heterocycles. The first-order chi connectivity index (χ1) is 9.11. The Morgan fingerprint density at radius 2 is 2.11 bits per heavy atom. The van der Waals surface area contributed by atoms with Crippen LogP contribution < -0.4 is 11.1 Å². The fraction of sp³-hybridized carbons (Fsp3) is 0.200. The van der Waals surface area contributed by atoms with Crippen molar-refractivity contribution in [1.82, 2.24) is 4.98 Å². The number of pyridine rings is 1. The first-order valence-electron chi connectivity index (χ1n) is 6.23. The second kappa shape index (κ2) is 5.52. The largest absolute Gasteiger partial charge is 0.397 e. The molecule has 0 radical (unpaired) electrons. The van der Waals surface area contributed by atoms with Gasteiger partial charge in [-0.2, -0.15) is 0 Å². The molecule has 0 atom stereocenters. The number of carbonyl (C=O) groups excluding carboxylic acids is 1. The van der Waals surface area contributed by atoms with Gasteiger partial charge in [0.1, 0.15) is 5.82 Å². The van der Waals surface area contributed by atoms with Gasteiger partial charge < -0.3 is 11.1 Å². The molecule has 4 heteroatoms. The van der Waals surface area contributed by atoms with Crippen molar-refractivity contribution in [3.05, 3.63) is 53.2 Å². The Morgan fingerprint density at radius 3 is 2.79 bits per heavy atom. The van der Waals surface area contributed by atoms with Crippen molar-refractivity contribution in [2.75, 3.05) is 11.1 Å². The van der Waals surface area contributed by atoms with Crippen molar-refractivity contribution in [2.24, 2.45) is 0 Å². The molecule has 0 unspecified atom stereocenters. The van der Waals surface area contributed by atoms with Gasteiger partial charge in [0, 0.05) is 5.56 Å². The van der Waals surface area contributed by atoms with E-state index < -0.39 is 0 Å². The first kappa shape index (κ1) is 13.1. The second-order valence-corrected chi connectivity index (χ2v) is 4.40. The molecule has 98 valence electrons. The molecular weight excluding hydrogens is 238 g/mol. The molecule has 0 aliphatic heterocycles. The summed E-state index contributed by atoms with van der Waals surface area (Å²) in [6.07, 6.45) is 2.35. The van der Waals surface area contributed by atoms with Gasteiger partial charge in [0.2, 0.25) is 0 Å². The summed E-state index contributed by atoms with van der Waals surface area (Å²) in [4.78, 5) is 16.4. The van der Waals surface area contributed by atoms with E-state index in [0.717, 1.165) is 17.5 Å². The summed E-state index contributed by atoms with van der Waals surface area (Å²) in [5.74, 6) is 0.405. The zero-order valence-electron chi connectivity index (χ0n) is 11.1. The third-order valence-corrected chi connectivity index (χ3v) is 2.97. The number of amides is 1. The van der Waals surface area contributed by atoms with E-state index in [-0.39, 0.29) is 5.91 Å². The van der Waals surface area contributed by atoms with Crippen LogP contribution in [0.1, 0.15) is 28.4 Å². The van der Waals surface area contributed by atoms with Gasteiger partial charge in [0.15, 0.2) is 0 Å². The molecule has 0 aliphatic carbocycles. The average molecular weight is 255 g/mol. The molecule has 1 aromatic carbocycles. The van der Waals surface area contributed by atoms with Crippen LogP contribution in [0.2, 0.25) is 0 Å².